The number of fused-ring (bicyclic) bond motifs is 1. The maximum atomic E-state index is 13.3. The first-order chi connectivity index (χ1) is 16.7. The molecule has 35 heavy (non-hydrogen) atoms. The molecule has 0 aliphatic rings. The molecule has 1 amide bonds. The van der Waals surface area contributed by atoms with Crippen LogP contribution in [0.3, 0.4) is 0 Å². The molecule has 0 aliphatic carbocycles. The first-order valence-corrected chi connectivity index (χ1v) is 11.6. The molecular weight excluding hydrogens is 446 g/mol. The quantitative estimate of drug-likeness (QED) is 0.403. The van der Waals surface area contributed by atoms with E-state index in [0.717, 1.165) is 11.1 Å². The molecule has 0 unspecified atom stereocenters. The molecule has 4 aromatic rings. The first-order valence-electron chi connectivity index (χ1n) is 11.6. The Balaban J connectivity index is 1.68. The second kappa shape index (κ2) is 10.0. The van der Waals surface area contributed by atoms with Crippen molar-refractivity contribution in [3.8, 4) is 0 Å². The standard InChI is InChI=1S/C25H29N7O3/c1-15(2)11-32-22-21(24(34)30-25(32)35)19(9-20(29-22)16(3)4)23(33)27-10-17-6-5-7-18(8-17)12-31-14-26-13-28-31/h5-9,13-16H,10-12H2,1-4H3,(H,27,33)(H,30,34,35). The third kappa shape index (κ3) is 5.37. The van der Waals surface area contributed by atoms with Crippen molar-refractivity contribution in [2.24, 2.45) is 5.92 Å². The minimum atomic E-state index is -0.618. The van der Waals surface area contributed by atoms with Gasteiger partial charge in [-0.3, -0.25) is 19.1 Å². The Morgan fingerprint density at radius 2 is 1.89 bits per heavy atom. The monoisotopic (exact) mass is 475 g/mol. The third-order valence-corrected chi connectivity index (χ3v) is 5.61. The summed E-state index contributed by atoms with van der Waals surface area (Å²) in [6, 6.07) is 9.44. The number of carbonyl (C=O) groups is 1. The van der Waals surface area contributed by atoms with E-state index in [1.54, 1.807) is 17.1 Å². The fourth-order valence-corrected chi connectivity index (χ4v) is 3.92. The van der Waals surface area contributed by atoms with Crippen molar-refractivity contribution in [2.75, 3.05) is 0 Å². The first kappa shape index (κ1) is 24.1. The van der Waals surface area contributed by atoms with Gasteiger partial charge in [-0.15, -0.1) is 0 Å². The summed E-state index contributed by atoms with van der Waals surface area (Å²) in [6.45, 7) is 9.07. The number of nitrogens with zero attached hydrogens (tertiary/aromatic N) is 5. The summed E-state index contributed by atoms with van der Waals surface area (Å²) in [5.74, 6) is -0.254. The van der Waals surface area contributed by atoms with E-state index in [1.165, 1.54) is 10.9 Å². The SMILES string of the molecule is CC(C)Cn1c(=O)[nH]c(=O)c2c(C(=O)NCc3cccc(Cn4cncn4)c3)cc(C(C)C)nc21. The van der Waals surface area contributed by atoms with Crippen LogP contribution in [0.2, 0.25) is 0 Å². The van der Waals surface area contributed by atoms with Crippen molar-refractivity contribution < 1.29 is 4.79 Å². The Morgan fingerprint density at radius 1 is 1.11 bits per heavy atom. The molecule has 0 atom stereocenters. The lowest BCUT2D eigenvalue weighted by molar-refractivity contribution is 0.0952. The van der Waals surface area contributed by atoms with Crippen LogP contribution >= 0.6 is 0 Å². The van der Waals surface area contributed by atoms with Crippen LogP contribution in [0.4, 0.5) is 0 Å². The van der Waals surface area contributed by atoms with Gasteiger partial charge < -0.3 is 5.32 Å². The summed E-state index contributed by atoms with van der Waals surface area (Å²) in [6.07, 6.45) is 3.13. The maximum absolute atomic E-state index is 13.3. The smallest absolute Gasteiger partial charge is 0.330 e. The Bertz CT molecular complexity index is 1470. The number of aromatic amines is 1. The van der Waals surface area contributed by atoms with Gasteiger partial charge in [0.15, 0.2) is 5.65 Å². The molecule has 2 N–H and O–H groups in total. The number of pyridine rings is 1. The van der Waals surface area contributed by atoms with Crippen LogP contribution in [0.5, 0.6) is 0 Å². The molecular formula is C25H29N7O3. The van der Waals surface area contributed by atoms with Crippen LogP contribution in [-0.2, 0) is 19.6 Å². The fraction of sp³-hybridized carbons (Fsp3) is 0.360. The third-order valence-electron chi connectivity index (χ3n) is 5.61. The van der Waals surface area contributed by atoms with Crippen molar-refractivity contribution in [2.45, 2.75) is 53.2 Å². The van der Waals surface area contributed by atoms with Gasteiger partial charge >= 0.3 is 5.69 Å². The van der Waals surface area contributed by atoms with E-state index in [1.807, 2.05) is 52.0 Å². The van der Waals surface area contributed by atoms with Gasteiger partial charge in [0, 0.05) is 18.8 Å². The number of nitrogens with one attached hydrogen (secondary N) is 2. The second-order valence-electron chi connectivity index (χ2n) is 9.31. The van der Waals surface area contributed by atoms with Crippen molar-refractivity contribution in [1.82, 2.24) is 34.6 Å². The van der Waals surface area contributed by atoms with Crippen molar-refractivity contribution in [3.63, 3.8) is 0 Å². The largest absolute Gasteiger partial charge is 0.348 e. The van der Waals surface area contributed by atoms with Gasteiger partial charge in [0.1, 0.15) is 12.7 Å². The maximum Gasteiger partial charge on any atom is 0.330 e. The lowest BCUT2D eigenvalue weighted by Crippen LogP contribution is -2.34. The fourth-order valence-electron chi connectivity index (χ4n) is 3.92. The Kier molecular flexibility index (Phi) is 6.90. The molecule has 0 spiro atoms. The summed E-state index contributed by atoms with van der Waals surface area (Å²) < 4.78 is 3.16. The topological polar surface area (TPSA) is 128 Å². The van der Waals surface area contributed by atoms with Gasteiger partial charge in [0.05, 0.1) is 17.5 Å². The highest BCUT2D eigenvalue weighted by molar-refractivity contribution is 6.05. The van der Waals surface area contributed by atoms with Crippen LogP contribution in [0.15, 0.2) is 52.6 Å². The van der Waals surface area contributed by atoms with E-state index >= 15 is 0 Å². The van der Waals surface area contributed by atoms with Gasteiger partial charge in [-0.25, -0.2) is 19.4 Å². The van der Waals surface area contributed by atoms with E-state index in [4.69, 9.17) is 0 Å². The Hall–Kier alpha value is -4.08. The lowest BCUT2D eigenvalue weighted by Gasteiger charge is -2.16. The molecule has 0 fully saturated rings. The molecule has 182 valence electrons. The number of hydrogen-bond donors (Lipinski definition) is 2. The molecule has 1 aromatic carbocycles. The highest BCUT2D eigenvalue weighted by Gasteiger charge is 2.21. The van der Waals surface area contributed by atoms with Gasteiger partial charge in [-0.1, -0.05) is 52.0 Å². The summed E-state index contributed by atoms with van der Waals surface area (Å²) in [5.41, 5.74) is 1.86. The average Bonchev–Trinajstić information content (AvgIpc) is 3.32. The zero-order chi connectivity index (χ0) is 25.1. The molecule has 0 bridgehead atoms. The minimum Gasteiger partial charge on any atom is -0.348 e. The molecule has 3 aromatic heterocycles. The zero-order valence-corrected chi connectivity index (χ0v) is 20.3. The number of H-pyrrole nitrogens is 1. The van der Waals surface area contributed by atoms with E-state index in [2.05, 4.69) is 25.4 Å². The minimum absolute atomic E-state index is 0.00121. The number of hydrogen-bond acceptors (Lipinski definition) is 6. The summed E-state index contributed by atoms with van der Waals surface area (Å²) >= 11 is 0. The lowest BCUT2D eigenvalue weighted by atomic mass is 10.0. The number of carbonyl (C=O) groups excluding carboxylic acids is 1. The van der Waals surface area contributed by atoms with E-state index in [-0.39, 0.29) is 35.0 Å². The molecule has 0 saturated carbocycles. The second-order valence-corrected chi connectivity index (χ2v) is 9.31. The molecule has 0 aliphatic heterocycles. The summed E-state index contributed by atoms with van der Waals surface area (Å²) in [4.78, 5) is 49.6. The van der Waals surface area contributed by atoms with Crippen LogP contribution in [0.1, 0.15) is 60.8 Å². The van der Waals surface area contributed by atoms with Gasteiger partial charge in [0.2, 0.25) is 0 Å². The van der Waals surface area contributed by atoms with Crippen LogP contribution in [0.25, 0.3) is 11.0 Å². The summed E-state index contributed by atoms with van der Waals surface area (Å²) in [7, 11) is 0. The van der Waals surface area contributed by atoms with E-state index in [0.29, 0.717) is 18.8 Å². The van der Waals surface area contributed by atoms with Crippen LogP contribution in [-0.4, -0.2) is 35.2 Å². The molecule has 4 rings (SSSR count). The molecule has 0 saturated heterocycles. The Labute approximate surface area is 202 Å². The zero-order valence-electron chi connectivity index (χ0n) is 20.3. The number of benzene rings is 1. The van der Waals surface area contributed by atoms with Gasteiger partial charge in [-0.2, -0.15) is 5.10 Å². The number of amides is 1. The highest BCUT2D eigenvalue weighted by Crippen LogP contribution is 2.20. The van der Waals surface area contributed by atoms with E-state index in [9.17, 15) is 14.4 Å². The molecule has 10 nitrogen and oxygen atoms in total. The highest BCUT2D eigenvalue weighted by atomic mass is 16.2. The number of aromatic nitrogens is 6. The molecule has 10 heteroatoms. The van der Waals surface area contributed by atoms with E-state index < -0.39 is 17.2 Å². The molecule has 3 heterocycles. The van der Waals surface area contributed by atoms with Crippen molar-refractivity contribution in [3.05, 3.63) is 86.2 Å². The average molecular weight is 476 g/mol. The van der Waals surface area contributed by atoms with Crippen LogP contribution < -0.4 is 16.6 Å². The van der Waals surface area contributed by atoms with Crippen LogP contribution in [0, 0.1) is 5.92 Å². The van der Waals surface area contributed by atoms with Gasteiger partial charge in [-0.05, 0) is 29.0 Å². The normalized spacial score (nSPS) is 11.5. The molecule has 0 radical (unpaired) electrons. The summed E-state index contributed by atoms with van der Waals surface area (Å²) in [5, 5.41) is 7.16. The number of rotatable bonds is 8. The Morgan fingerprint density at radius 3 is 2.57 bits per heavy atom. The van der Waals surface area contributed by atoms with Crippen molar-refractivity contribution in [1.29, 1.82) is 0 Å². The predicted molar refractivity (Wildman–Crippen MR) is 132 cm³/mol. The van der Waals surface area contributed by atoms with Crippen molar-refractivity contribution >= 4 is 16.9 Å². The van der Waals surface area contributed by atoms with Gasteiger partial charge in [0.25, 0.3) is 11.5 Å². The predicted octanol–water partition coefficient (Wildman–Crippen LogP) is 2.43.